The van der Waals surface area contributed by atoms with Gasteiger partial charge in [-0.15, -0.1) is 0 Å². The topological polar surface area (TPSA) is 71.1 Å². The van der Waals surface area contributed by atoms with Gasteiger partial charge in [0.05, 0.1) is 27.4 Å². The van der Waals surface area contributed by atoms with Crippen LogP contribution in [0.25, 0.3) is 0 Å². The van der Waals surface area contributed by atoms with Crippen LogP contribution < -0.4 is 18.9 Å². The smallest absolute Gasteiger partial charge is 0.161 e. The van der Waals surface area contributed by atoms with E-state index in [1.54, 1.807) is 38.5 Å². The summed E-state index contributed by atoms with van der Waals surface area (Å²) >= 11 is 6.66. The molecule has 0 heterocycles. The summed E-state index contributed by atoms with van der Waals surface area (Å²) in [5.74, 6) is 2.27. The molecule has 0 bridgehead atoms. The van der Waals surface area contributed by atoms with E-state index in [1.165, 1.54) is 0 Å². The predicted molar refractivity (Wildman–Crippen MR) is 122 cm³/mol. The van der Waals surface area contributed by atoms with Gasteiger partial charge in [0.1, 0.15) is 0 Å². The molecule has 0 unspecified atom stereocenters. The number of rotatable bonds is 13. The van der Waals surface area contributed by atoms with E-state index in [-0.39, 0.29) is 0 Å². The quantitative estimate of drug-likeness (QED) is 0.232. The minimum absolute atomic E-state index is 0.518. The van der Waals surface area contributed by atoms with Gasteiger partial charge >= 0.3 is 0 Å². The number of aldehydes is 2. The molecule has 0 spiro atoms. The summed E-state index contributed by atoms with van der Waals surface area (Å²) in [5.41, 5.74) is 1.04. The number of carbonyl (C=O) groups is 2. The predicted octanol–water partition coefficient (Wildman–Crippen LogP) is 5.87. The maximum absolute atomic E-state index is 11.1. The second-order valence-corrected chi connectivity index (χ2v) is 8.10. The third-order valence-corrected chi connectivity index (χ3v) is 5.75. The number of unbranched alkanes of at least 4 members (excludes halogenated alkanes) is 3. The number of methoxy groups -OCH3 is 2. The Morgan fingerprint density at radius 3 is 1.40 bits per heavy atom. The molecule has 0 aliphatic heterocycles. The van der Waals surface area contributed by atoms with Crippen molar-refractivity contribution >= 4 is 44.4 Å². The van der Waals surface area contributed by atoms with Crippen molar-refractivity contribution in [1.29, 1.82) is 0 Å². The Balaban J connectivity index is 1.72. The highest BCUT2D eigenvalue weighted by Gasteiger charge is 2.11. The summed E-state index contributed by atoms with van der Waals surface area (Å²) in [6, 6.07) is 6.79. The van der Waals surface area contributed by atoms with E-state index in [9.17, 15) is 9.59 Å². The van der Waals surface area contributed by atoms with Crippen molar-refractivity contribution in [1.82, 2.24) is 0 Å². The molecule has 0 fully saturated rings. The lowest BCUT2D eigenvalue weighted by Gasteiger charge is -2.13. The van der Waals surface area contributed by atoms with Gasteiger partial charge in [-0.25, -0.2) is 0 Å². The Morgan fingerprint density at radius 2 is 1.07 bits per heavy atom. The molecule has 2 rings (SSSR count). The Kier molecular flexibility index (Phi) is 10.2. The van der Waals surface area contributed by atoms with Crippen LogP contribution in [-0.4, -0.2) is 40.0 Å². The summed E-state index contributed by atoms with van der Waals surface area (Å²) in [6.45, 7) is 1.06. The SMILES string of the molecule is COc1cc(Br)c(C=O)cc1OCCCCCCOc1cc(C=O)c(Br)cc1OC. The van der Waals surface area contributed by atoms with E-state index < -0.39 is 0 Å². The monoisotopic (exact) mass is 542 g/mol. The third-order valence-electron chi connectivity index (χ3n) is 4.37. The third kappa shape index (κ3) is 6.74. The van der Waals surface area contributed by atoms with Crippen molar-refractivity contribution in [3.8, 4) is 23.0 Å². The van der Waals surface area contributed by atoms with Gasteiger partial charge in [0.2, 0.25) is 0 Å². The normalized spacial score (nSPS) is 10.4. The van der Waals surface area contributed by atoms with Crippen molar-refractivity contribution in [2.75, 3.05) is 27.4 Å². The zero-order chi connectivity index (χ0) is 21.9. The molecule has 0 atom stereocenters. The van der Waals surface area contributed by atoms with Crippen LogP contribution in [0.4, 0.5) is 0 Å². The molecule has 0 saturated heterocycles. The first-order chi connectivity index (χ1) is 14.5. The number of ether oxygens (including phenoxy) is 4. The van der Waals surface area contributed by atoms with E-state index >= 15 is 0 Å². The fourth-order valence-corrected chi connectivity index (χ4v) is 3.58. The number of hydrogen-bond acceptors (Lipinski definition) is 6. The van der Waals surface area contributed by atoms with Crippen LogP contribution in [0.15, 0.2) is 33.2 Å². The molecule has 162 valence electrons. The van der Waals surface area contributed by atoms with Gasteiger partial charge in [0.25, 0.3) is 0 Å². The van der Waals surface area contributed by atoms with Crippen LogP contribution in [0.5, 0.6) is 23.0 Å². The molecule has 8 heteroatoms. The lowest BCUT2D eigenvalue weighted by molar-refractivity contribution is 0.111. The molecule has 2 aromatic rings. The van der Waals surface area contributed by atoms with Crippen LogP contribution in [-0.2, 0) is 0 Å². The van der Waals surface area contributed by atoms with Crippen LogP contribution in [0.2, 0.25) is 0 Å². The summed E-state index contributed by atoms with van der Waals surface area (Å²) < 4.78 is 23.5. The highest BCUT2D eigenvalue weighted by molar-refractivity contribution is 9.10. The molecule has 6 nitrogen and oxygen atoms in total. The van der Waals surface area contributed by atoms with Gasteiger partial charge in [0.15, 0.2) is 35.6 Å². The van der Waals surface area contributed by atoms with E-state index in [0.717, 1.165) is 38.3 Å². The average Bonchev–Trinajstić information content (AvgIpc) is 2.76. The lowest BCUT2D eigenvalue weighted by atomic mass is 10.2. The van der Waals surface area contributed by atoms with Crippen molar-refractivity contribution in [3.05, 3.63) is 44.3 Å². The van der Waals surface area contributed by atoms with Gasteiger partial charge in [-0.3, -0.25) is 9.59 Å². The average molecular weight is 544 g/mol. The van der Waals surface area contributed by atoms with Crippen LogP contribution in [0.3, 0.4) is 0 Å². The summed E-state index contributed by atoms with van der Waals surface area (Å²) in [4.78, 5) is 22.2. The first-order valence-electron chi connectivity index (χ1n) is 9.45. The van der Waals surface area contributed by atoms with E-state index in [4.69, 9.17) is 18.9 Å². The summed E-state index contributed by atoms with van der Waals surface area (Å²) in [6.07, 6.45) is 5.22. The fraction of sp³-hybridized carbons (Fsp3) is 0.364. The van der Waals surface area contributed by atoms with Gasteiger partial charge in [0, 0.05) is 20.1 Å². The van der Waals surface area contributed by atoms with Gasteiger partial charge < -0.3 is 18.9 Å². The molecule has 0 amide bonds. The zero-order valence-corrected chi connectivity index (χ0v) is 20.1. The largest absolute Gasteiger partial charge is 0.493 e. The molecule has 0 aliphatic carbocycles. The van der Waals surface area contributed by atoms with E-state index in [2.05, 4.69) is 31.9 Å². The molecule has 0 saturated carbocycles. The Morgan fingerprint density at radius 1 is 0.667 bits per heavy atom. The second-order valence-electron chi connectivity index (χ2n) is 6.40. The van der Waals surface area contributed by atoms with Crippen LogP contribution in [0, 0.1) is 0 Å². The lowest BCUT2D eigenvalue weighted by Crippen LogP contribution is -2.02. The molecule has 0 aliphatic rings. The maximum atomic E-state index is 11.1. The first kappa shape index (κ1) is 24.2. The number of halogens is 2. The first-order valence-corrected chi connectivity index (χ1v) is 11.0. The minimum atomic E-state index is 0.518. The van der Waals surface area contributed by atoms with Crippen LogP contribution >= 0.6 is 31.9 Å². The molecular formula is C22H24Br2O6. The van der Waals surface area contributed by atoms with Crippen molar-refractivity contribution < 1.29 is 28.5 Å². The summed E-state index contributed by atoms with van der Waals surface area (Å²) in [5, 5.41) is 0. The second kappa shape index (κ2) is 12.6. The molecule has 0 aromatic heterocycles. The number of benzene rings is 2. The standard InChI is InChI=1S/C22H24Br2O6/c1-27-19-11-17(23)15(13-25)9-21(19)29-7-5-3-4-6-8-30-22-10-16(14-26)18(24)12-20(22)28-2/h9-14H,3-8H2,1-2H3. The van der Waals surface area contributed by atoms with Crippen LogP contribution in [0.1, 0.15) is 46.4 Å². The fourth-order valence-electron chi connectivity index (χ4n) is 2.75. The number of carbonyl (C=O) groups excluding carboxylic acids is 2. The van der Waals surface area contributed by atoms with Crippen molar-refractivity contribution in [2.24, 2.45) is 0 Å². The Labute approximate surface area is 193 Å². The molecule has 30 heavy (non-hydrogen) atoms. The van der Waals surface area contributed by atoms with Gasteiger partial charge in [-0.1, -0.05) is 0 Å². The molecular weight excluding hydrogens is 520 g/mol. The molecule has 0 N–H and O–H groups in total. The van der Waals surface area contributed by atoms with E-state index in [0.29, 0.717) is 56.3 Å². The zero-order valence-electron chi connectivity index (χ0n) is 16.9. The Bertz CT molecular complexity index is 798. The highest BCUT2D eigenvalue weighted by atomic mass is 79.9. The highest BCUT2D eigenvalue weighted by Crippen LogP contribution is 2.34. The number of hydrogen-bond donors (Lipinski definition) is 0. The van der Waals surface area contributed by atoms with Crippen molar-refractivity contribution in [2.45, 2.75) is 25.7 Å². The minimum Gasteiger partial charge on any atom is -0.493 e. The molecule has 0 radical (unpaired) electrons. The molecule has 2 aromatic carbocycles. The van der Waals surface area contributed by atoms with E-state index in [1.807, 2.05) is 0 Å². The maximum Gasteiger partial charge on any atom is 0.161 e. The summed E-state index contributed by atoms with van der Waals surface area (Å²) in [7, 11) is 3.13. The van der Waals surface area contributed by atoms with Crippen molar-refractivity contribution in [3.63, 3.8) is 0 Å². The van der Waals surface area contributed by atoms with Gasteiger partial charge in [-0.05, 0) is 81.8 Å². The Hall–Kier alpha value is -2.06. The van der Waals surface area contributed by atoms with Gasteiger partial charge in [-0.2, -0.15) is 0 Å².